The molecule has 0 fully saturated rings. The van der Waals surface area contributed by atoms with Gasteiger partial charge >= 0.3 is 0 Å². The maximum absolute atomic E-state index is 11.0. The molecule has 0 amide bonds. The summed E-state index contributed by atoms with van der Waals surface area (Å²) in [7, 11) is 1.68. The molecule has 9 nitrogen and oxygen atoms in total. The number of benzene rings is 3. The van der Waals surface area contributed by atoms with Gasteiger partial charge in [-0.1, -0.05) is 36.4 Å². The number of phenols is 3. The predicted octanol–water partition coefficient (Wildman–Crippen LogP) is 3.74. The summed E-state index contributed by atoms with van der Waals surface area (Å²) in [6.07, 6.45) is 1.45. The number of ether oxygens (including phenoxy) is 1. The molecule has 0 saturated carbocycles. The minimum atomic E-state index is -1.36. The summed E-state index contributed by atoms with van der Waals surface area (Å²) in [5, 5.41) is 36.3. The highest BCUT2D eigenvalue weighted by atomic mass is 32.2. The Hall–Kier alpha value is -2.72. The highest BCUT2D eigenvalue weighted by Gasteiger charge is 2.09. The van der Waals surface area contributed by atoms with Crippen LogP contribution in [0.4, 0.5) is 0 Å². The normalized spacial score (nSPS) is 11.2. The number of likely N-dealkylation sites (N-methyl/N-ethyl adjacent to an activating group) is 1. The molecule has 0 aliphatic heterocycles. The lowest BCUT2D eigenvalue weighted by Crippen LogP contribution is -2.25. The molecule has 0 saturated heterocycles. The van der Waals surface area contributed by atoms with Crippen LogP contribution < -0.4 is 4.74 Å². The second kappa shape index (κ2) is 15.2. The van der Waals surface area contributed by atoms with Crippen molar-refractivity contribution in [2.24, 2.45) is 0 Å². The van der Waals surface area contributed by atoms with Crippen LogP contribution in [0.1, 0.15) is 5.56 Å². The number of hydroxylamine groups is 2. The average molecular weight is 512 g/mol. The number of nitrogens with zero attached hydrogens (tertiary/aromatic N) is 1. The Morgan fingerprint density at radius 3 is 2.00 bits per heavy atom. The Morgan fingerprint density at radius 2 is 1.47 bits per heavy atom. The van der Waals surface area contributed by atoms with Crippen molar-refractivity contribution in [3.63, 3.8) is 0 Å². The van der Waals surface area contributed by atoms with Gasteiger partial charge in [0.2, 0.25) is 0 Å². The molecule has 0 spiro atoms. The number of hydrogen-bond acceptors (Lipinski definition) is 9. The van der Waals surface area contributed by atoms with Crippen molar-refractivity contribution in [1.82, 2.24) is 5.06 Å². The lowest BCUT2D eigenvalue weighted by Gasteiger charge is -2.16. The van der Waals surface area contributed by atoms with Crippen molar-refractivity contribution in [3.05, 3.63) is 72.3 Å². The molecular formula is C23H30NO8PS. The monoisotopic (exact) mass is 511 g/mol. The van der Waals surface area contributed by atoms with E-state index in [1.54, 1.807) is 7.05 Å². The summed E-state index contributed by atoms with van der Waals surface area (Å²) in [6.45, 7) is 0.817. The molecule has 0 heterocycles. The summed E-state index contributed by atoms with van der Waals surface area (Å²) in [5.74, 6) is 0.183. The first-order valence-electron chi connectivity index (χ1n) is 9.81. The molecular weight excluding hydrogens is 481 g/mol. The summed E-state index contributed by atoms with van der Waals surface area (Å²) < 4.78 is 21.7. The second-order valence-electron chi connectivity index (χ2n) is 6.85. The van der Waals surface area contributed by atoms with Crippen LogP contribution in [0, 0.1) is 0 Å². The van der Waals surface area contributed by atoms with Gasteiger partial charge in [0, 0.05) is 37.1 Å². The van der Waals surface area contributed by atoms with E-state index >= 15 is 0 Å². The molecule has 186 valence electrons. The Labute approximate surface area is 204 Å². The predicted molar refractivity (Wildman–Crippen MR) is 135 cm³/mol. The van der Waals surface area contributed by atoms with Gasteiger partial charge in [-0.15, -0.1) is 0 Å². The summed E-state index contributed by atoms with van der Waals surface area (Å²) in [6, 6.07) is 19.0. The Morgan fingerprint density at radius 1 is 0.882 bits per heavy atom. The summed E-state index contributed by atoms with van der Waals surface area (Å²) in [5.41, 5.74) is 2.82. The third-order valence-electron chi connectivity index (χ3n) is 4.17. The van der Waals surface area contributed by atoms with Gasteiger partial charge in [0.1, 0.15) is 36.2 Å². The molecule has 0 bridgehead atoms. The smallest absolute Gasteiger partial charge is 0.170 e. The fourth-order valence-corrected chi connectivity index (χ4v) is 3.23. The third kappa shape index (κ3) is 10.5. The van der Waals surface area contributed by atoms with Crippen LogP contribution in [0.25, 0.3) is 11.1 Å². The molecule has 0 aliphatic carbocycles. The van der Waals surface area contributed by atoms with E-state index in [9.17, 15) is 4.21 Å². The quantitative estimate of drug-likeness (QED) is 0.193. The molecule has 2 unspecified atom stereocenters. The Kier molecular flexibility index (Phi) is 13.1. The fraction of sp³-hybridized carbons (Fsp3) is 0.217. The van der Waals surface area contributed by atoms with E-state index in [-0.39, 0.29) is 33.8 Å². The summed E-state index contributed by atoms with van der Waals surface area (Å²) >= 11 is -1.36. The lowest BCUT2D eigenvalue weighted by atomic mass is 10.0. The van der Waals surface area contributed by atoms with Crippen LogP contribution in [0.3, 0.4) is 0 Å². The molecule has 0 aromatic heterocycles. The van der Waals surface area contributed by atoms with Crippen LogP contribution in [0.2, 0.25) is 0 Å². The van der Waals surface area contributed by atoms with Gasteiger partial charge in [0.25, 0.3) is 0 Å². The first-order chi connectivity index (χ1) is 15.8. The molecule has 11 heteroatoms. The minimum Gasteiger partial charge on any atom is -0.508 e. The number of rotatable bonds is 9. The van der Waals surface area contributed by atoms with Crippen LogP contribution >= 0.6 is 9.90 Å². The number of phenolic OH excluding ortho intramolecular Hbond substituents is 3. The van der Waals surface area contributed by atoms with Crippen molar-refractivity contribution in [1.29, 1.82) is 0 Å². The van der Waals surface area contributed by atoms with Crippen molar-refractivity contribution >= 4 is 21.0 Å². The van der Waals surface area contributed by atoms with E-state index in [1.807, 2.05) is 48.5 Å². The van der Waals surface area contributed by atoms with Gasteiger partial charge in [-0.25, -0.2) is 9.10 Å². The van der Waals surface area contributed by atoms with E-state index in [0.717, 1.165) is 34.9 Å². The Bertz CT molecular complexity index is 988. The van der Waals surface area contributed by atoms with Crippen molar-refractivity contribution < 1.29 is 38.7 Å². The van der Waals surface area contributed by atoms with E-state index < -0.39 is 11.1 Å². The van der Waals surface area contributed by atoms with Gasteiger partial charge in [0.05, 0.1) is 6.54 Å². The summed E-state index contributed by atoms with van der Waals surface area (Å²) in [4.78, 5) is 4.28. The van der Waals surface area contributed by atoms with E-state index in [4.69, 9.17) is 29.6 Å². The fourth-order valence-electron chi connectivity index (χ4n) is 2.79. The zero-order valence-corrected chi connectivity index (χ0v) is 21.2. The van der Waals surface area contributed by atoms with Crippen LogP contribution in [-0.4, -0.2) is 56.3 Å². The molecule has 0 aliphatic rings. The van der Waals surface area contributed by atoms with Crippen LogP contribution in [-0.2, 0) is 26.9 Å². The molecule has 3 aromatic rings. The molecule has 4 N–H and O–H groups in total. The highest BCUT2D eigenvalue weighted by Crippen LogP contribution is 2.27. The first kappa shape index (κ1) is 29.3. The SMILES string of the molecule is CN(CCOc1ccc(-c2ccccc2)cc1COO)OS(C)=O.Oc1cc(O)cc(O)c1.P. The lowest BCUT2D eigenvalue weighted by molar-refractivity contribution is -0.253. The van der Waals surface area contributed by atoms with Crippen molar-refractivity contribution in [2.75, 3.05) is 26.5 Å². The Balaban J connectivity index is 0.000000486. The molecule has 34 heavy (non-hydrogen) atoms. The maximum Gasteiger partial charge on any atom is 0.170 e. The average Bonchev–Trinajstić information content (AvgIpc) is 2.74. The molecule has 0 radical (unpaired) electrons. The first-order valence-corrected chi connectivity index (χ1v) is 11.3. The minimum absolute atomic E-state index is 0. The maximum atomic E-state index is 11.0. The van der Waals surface area contributed by atoms with E-state index in [1.165, 1.54) is 11.3 Å². The third-order valence-corrected chi connectivity index (χ3v) is 4.64. The van der Waals surface area contributed by atoms with Crippen LogP contribution in [0.5, 0.6) is 23.0 Å². The standard InChI is InChI=1S/C17H21NO5S.C6H6O3.H3P/c1-18(23-24(2)20)10-11-21-17-9-8-15(12-16(17)13-22-19)14-6-4-3-5-7-14;7-4-1-5(8)3-6(9)2-4;/h3-9,12,19H,10-11,13H2,1-2H3;1-3,7-9H;1H3. The van der Waals surface area contributed by atoms with Crippen molar-refractivity contribution in [2.45, 2.75) is 6.61 Å². The highest BCUT2D eigenvalue weighted by molar-refractivity contribution is 7.79. The zero-order chi connectivity index (χ0) is 24.2. The van der Waals surface area contributed by atoms with E-state index in [2.05, 4.69) is 4.89 Å². The van der Waals surface area contributed by atoms with Gasteiger partial charge in [-0.2, -0.15) is 19.2 Å². The number of hydrogen-bond donors (Lipinski definition) is 4. The molecule has 2 atom stereocenters. The van der Waals surface area contributed by atoms with Crippen LogP contribution in [0.15, 0.2) is 66.7 Å². The van der Waals surface area contributed by atoms with Gasteiger partial charge in [-0.3, -0.25) is 5.26 Å². The van der Waals surface area contributed by atoms with Gasteiger partial charge in [-0.05, 0) is 23.3 Å². The largest absolute Gasteiger partial charge is 0.508 e. The van der Waals surface area contributed by atoms with E-state index in [0.29, 0.717) is 18.9 Å². The second-order valence-corrected chi connectivity index (χ2v) is 7.80. The number of aromatic hydroxyl groups is 3. The van der Waals surface area contributed by atoms with Crippen molar-refractivity contribution in [3.8, 4) is 34.1 Å². The van der Waals surface area contributed by atoms with Gasteiger partial charge in [0.15, 0.2) is 11.1 Å². The molecule has 3 aromatic carbocycles. The topological polar surface area (TPSA) is 129 Å². The van der Waals surface area contributed by atoms with Gasteiger partial charge < -0.3 is 20.1 Å². The zero-order valence-electron chi connectivity index (χ0n) is 19.0. The molecule has 3 rings (SSSR count).